The van der Waals surface area contributed by atoms with Crippen molar-refractivity contribution in [2.24, 2.45) is 11.8 Å². The van der Waals surface area contributed by atoms with Crippen LogP contribution in [0, 0.1) is 24.6 Å². The standard InChI is InChI=1S/C28H36FN5O7/c1-15(2)11-20(25(36)33-23(28(39)40)14-18-5-4-10-30-24(18)35)31-26(37)21(13-17-6-8-19(29)9-7-17)32-27(38)22-12-16(3)41-34-22/h6-9,12,15,18,20-21,23H,4-5,10-11,13-14H2,1-3H3,(H,30,35)(H,31,37)(H,32,38)(H,33,36)(H,39,40)/t18-,20?,21?,23?/m0/s1. The Hall–Kier alpha value is -4.29. The smallest absolute Gasteiger partial charge is 0.326 e. The fraction of sp³-hybridized carbons (Fsp3) is 0.500. The second-order valence-corrected chi connectivity index (χ2v) is 10.6. The first-order valence-corrected chi connectivity index (χ1v) is 13.5. The molecule has 2 aromatic rings. The van der Waals surface area contributed by atoms with E-state index in [0.29, 0.717) is 30.7 Å². The molecule has 1 aliphatic heterocycles. The van der Waals surface area contributed by atoms with Crippen LogP contribution in [0.25, 0.3) is 0 Å². The van der Waals surface area contributed by atoms with E-state index in [-0.39, 0.29) is 36.8 Å². The molecular weight excluding hydrogens is 537 g/mol. The highest BCUT2D eigenvalue weighted by atomic mass is 19.1. The minimum Gasteiger partial charge on any atom is -0.480 e. The van der Waals surface area contributed by atoms with Crippen LogP contribution in [-0.4, -0.2) is 64.5 Å². The van der Waals surface area contributed by atoms with Crippen LogP contribution in [0.4, 0.5) is 4.39 Å². The van der Waals surface area contributed by atoms with Crippen molar-refractivity contribution < 1.29 is 38.0 Å². The van der Waals surface area contributed by atoms with Gasteiger partial charge in [0.15, 0.2) is 5.69 Å². The molecule has 1 aliphatic rings. The Kier molecular flexibility index (Phi) is 11.0. The molecule has 5 N–H and O–H groups in total. The normalized spacial score (nSPS) is 17.2. The first-order chi connectivity index (χ1) is 19.4. The van der Waals surface area contributed by atoms with Crippen molar-refractivity contribution in [2.45, 2.75) is 71.0 Å². The molecule has 1 fully saturated rings. The molecule has 13 heteroatoms. The van der Waals surface area contributed by atoms with Crippen molar-refractivity contribution in [3.63, 3.8) is 0 Å². The quantitative estimate of drug-likeness (QED) is 0.239. The van der Waals surface area contributed by atoms with Crippen LogP contribution in [0.2, 0.25) is 0 Å². The van der Waals surface area contributed by atoms with Crippen LogP contribution in [0.1, 0.15) is 61.3 Å². The Morgan fingerprint density at radius 2 is 1.73 bits per heavy atom. The minimum absolute atomic E-state index is 0.0285. The molecule has 2 heterocycles. The lowest BCUT2D eigenvalue weighted by Crippen LogP contribution is -2.57. The highest BCUT2D eigenvalue weighted by Crippen LogP contribution is 2.18. The summed E-state index contributed by atoms with van der Waals surface area (Å²) in [6, 6.07) is 3.13. The van der Waals surface area contributed by atoms with E-state index < -0.39 is 53.6 Å². The number of hydrogen-bond acceptors (Lipinski definition) is 7. The Morgan fingerprint density at radius 1 is 1.07 bits per heavy atom. The van der Waals surface area contributed by atoms with Crippen molar-refractivity contribution in [3.05, 3.63) is 53.2 Å². The monoisotopic (exact) mass is 573 g/mol. The third-order valence-corrected chi connectivity index (χ3v) is 6.71. The highest BCUT2D eigenvalue weighted by Gasteiger charge is 2.33. The van der Waals surface area contributed by atoms with Crippen molar-refractivity contribution in [3.8, 4) is 0 Å². The molecule has 4 atom stereocenters. The van der Waals surface area contributed by atoms with Gasteiger partial charge in [-0.3, -0.25) is 19.2 Å². The molecule has 12 nitrogen and oxygen atoms in total. The lowest BCUT2D eigenvalue weighted by Gasteiger charge is -2.27. The van der Waals surface area contributed by atoms with E-state index in [2.05, 4.69) is 26.4 Å². The average molecular weight is 574 g/mol. The SMILES string of the molecule is Cc1cc(C(=O)NC(Cc2ccc(F)cc2)C(=O)NC(CC(C)C)C(=O)NC(C[C@@H]2CCCNC2=O)C(=O)O)no1. The van der Waals surface area contributed by atoms with Crippen molar-refractivity contribution >= 4 is 29.6 Å². The molecule has 1 aromatic carbocycles. The Labute approximate surface area is 236 Å². The lowest BCUT2D eigenvalue weighted by atomic mass is 9.91. The molecule has 0 radical (unpaired) electrons. The molecule has 1 aromatic heterocycles. The third-order valence-electron chi connectivity index (χ3n) is 6.71. The van der Waals surface area contributed by atoms with Crippen molar-refractivity contribution in [1.29, 1.82) is 0 Å². The second kappa shape index (κ2) is 14.4. The highest BCUT2D eigenvalue weighted by molar-refractivity contribution is 5.97. The van der Waals surface area contributed by atoms with Gasteiger partial charge in [-0.2, -0.15) is 0 Å². The van der Waals surface area contributed by atoms with Crippen LogP contribution in [0.15, 0.2) is 34.9 Å². The van der Waals surface area contributed by atoms with Crippen molar-refractivity contribution in [1.82, 2.24) is 26.4 Å². The lowest BCUT2D eigenvalue weighted by molar-refractivity contribution is -0.143. The van der Waals surface area contributed by atoms with Crippen LogP contribution < -0.4 is 21.3 Å². The summed E-state index contributed by atoms with van der Waals surface area (Å²) in [5.41, 5.74) is 0.497. The molecule has 1 saturated heterocycles. The van der Waals surface area contributed by atoms with Crippen LogP contribution >= 0.6 is 0 Å². The zero-order chi connectivity index (χ0) is 30.1. The van der Waals surface area contributed by atoms with Gasteiger partial charge in [0.05, 0.1) is 0 Å². The Bertz CT molecular complexity index is 1250. The van der Waals surface area contributed by atoms with Gasteiger partial charge in [0.2, 0.25) is 17.7 Å². The van der Waals surface area contributed by atoms with Gasteiger partial charge in [0.25, 0.3) is 5.91 Å². The predicted molar refractivity (Wildman–Crippen MR) is 144 cm³/mol. The number of aliphatic carboxylic acids is 1. The van der Waals surface area contributed by atoms with Gasteiger partial charge >= 0.3 is 5.97 Å². The maximum absolute atomic E-state index is 13.5. The van der Waals surface area contributed by atoms with Crippen molar-refractivity contribution in [2.75, 3.05) is 6.54 Å². The van der Waals surface area contributed by atoms with E-state index in [0.717, 1.165) is 0 Å². The third kappa shape index (κ3) is 9.40. The van der Waals surface area contributed by atoms with Gasteiger partial charge in [0.1, 0.15) is 29.7 Å². The summed E-state index contributed by atoms with van der Waals surface area (Å²) >= 11 is 0. The minimum atomic E-state index is -1.34. The van der Waals surface area contributed by atoms with E-state index in [1.807, 2.05) is 13.8 Å². The van der Waals surface area contributed by atoms with E-state index in [4.69, 9.17) is 4.52 Å². The van der Waals surface area contributed by atoms with Crippen LogP contribution in [0.3, 0.4) is 0 Å². The zero-order valence-corrected chi connectivity index (χ0v) is 23.2. The zero-order valence-electron chi connectivity index (χ0n) is 23.2. The fourth-order valence-corrected chi connectivity index (χ4v) is 4.58. The van der Waals surface area contributed by atoms with Gasteiger partial charge in [-0.1, -0.05) is 31.1 Å². The molecule has 0 saturated carbocycles. The molecule has 0 spiro atoms. The maximum Gasteiger partial charge on any atom is 0.326 e. The summed E-state index contributed by atoms with van der Waals surface area (Å²) in [5.74, 6) is -4.38. The van der Waals surface area contributed by atoms with E-state index in [9.17, 15) is 33.5 Å². The van der Waals surface area contributed by atoms with E-state index in [1.54, 1.807) is 6.92 Å². The maximum atomic E-state index is 13.5. The summed E-state index contributed by atoms with van der Waals surface area (Å²) in [7, 11) is 0. The number of amides is 4. The summed E-state index contributed by atoms with van der Waals surface area (Å²) in [6.07, 6.45) is 1.27. The number of nitrogens with one attached hydrogen (secondary N) is 4. The molecule has 4 amide bonds. The summed E-state index contributed by atoms with van der Waals surface area (Å²) < 4.78 is 18.4. The molecule has 0 aliphatic carbocycles. The Balaban J connectivity index is 1.77. The number of halogens is 1. The van der Waals surface area contributed by atoms with Gasteiger partial charge in [-0.25, -0.2) is 9.18 Å². The summed E-state index contributed by atoms with van der Waals surface area (Å²) in [6.45, 7) is 5.79. The van der Waals surface area contributed by atoms with Gasteiger partial charge in [0, 0.05) is 24.9 Å². The number of rotatable bonds is 13. The Morgan fingerprint density at radius 3 is 2.32 bits per heavy atom. The van der Waals surface area contributed by atoms with Gasteiger partial charge in [-0.15, -0.1) is 0 Å². The molecule has 0 bridgehead atoms. The summed E-state index contributed by atoms with van der Waals surface area (Å²) in [5, 5.41) is 23.8. The first-order valence-electron chi connectivity index (χ1n) is 13.5. The molecule has 41 heavy (non-hydrogen) atoms. The molecule has 3 rings (SSSR count). The predicted octanol–water partition coefficient (Wildman–Crippen LogP) is 1.48. The van der Waals surface area contributed by atoms with Crippen LogP contribution in [-0.2, 0) is 25.6 Å². The topological polar surface area (TPSA) is 180 Å². The average Bonchev–Trinajstić information content (AvgIpc) is 3.35. The molecular formula is C28H36FN5O7. The fourth-order valence-electron chi connectivity index (χ4n) is 4.58. The summed E-state index contributed by atoms with van der Waals surface area (Å²) in [4.78, 5) is 63.7. The molecule has 222 valence electrons. The number of carbonyl (C=O) groups is 5. The van der Waals surface area contributed by atoms with E-state index in [1.165, 1.54) is 30.3 Å². The molecule has 3 unspecified atom stereocenters. The van der Waals surface area contributed by atoms with Gasteiger partial charge in [-0.05, 0) is 56.2 Å². The number of carbonyl (C=O) groups excluding carboxylic acids is 4. The number of aryl methyl sites for hydroxylation is 1. The number of hydrogen-bond donors (Lipinski definition) is 5. The van der Waals surface area contributed by atoms with Crippen LogP contribution in [0.5, 0.6) is 0 Å². The second-order valence-electron chi connectivity index (χ2n) is 10.6. The number of aromatic nitrogens is 1. The first kappa shape index (κ1) is 31.2. The van der Waals surface area contributed by atoms with E-state index >= 15 is 0 Å². The number of benzene rings is 1. The van der Waals surface area contributed by atoms with Gasteiger partial charge < -0.3 is 30.9 Å². The number of piperidine rings is 1. The number of nitrogens with zero attached hydrogens (tertiary/aromatic N) is 1. The number of carboxylic acids is 1. The largest absolute Gasteiger partial charge is 0.480 e. The number of carboxylic acid groups (broad SMARTS) is 1.